The predicted molar refractivity (Wildman–Crippen MR) is 98.2 cm³/mol. The number of benzene rings is 2. The van der Waals surface area contributed by atoms with Gasteiger partial charge in [0.2, 0.25) is 0 Å². The van der Waals surface area contributed by atoms with Gasteiger partial charge in [-0.2, -0.15) is 8.78 Å². The van der Waals surface area contributed by atoms with E-state index >= 15 is 0 Å². The fraction of sp³-hybridized carbons (Fsp3) is 0.176. The largest absolute Gasteiger partial charge is 0.452 e. The fourth-order valence-electron chi connectivity index (χ4n) is 2.23. The van der Waals surface area contributed by atoms with Gasteiger partial charge < -0.3 is 14.8 Å². The first kappa shape index (κ1) is 22.7. The third kappa shape index (κ3) is 6.20. The summed E-state index contributed by atoms with van der Waals surface area (Å²) in [5, 5.41) is 13.4. The standard InChI is InChI=1S/C17H14F2N2O8S/c1-30(26,27)14-7-2-10(8-13(14)21(24)25)16(23)28-9-15(22)20-11-3-5-12(6-4-11)29-17(18)19/h2-8,17H,9H2,1H3,(H,20,22). The lowest BCUT2D eigenvalue weighted by atomic mass is 10.2. The Kier molecular flexibility index (Phi) is 7.00. The van der Waals surface area contributed by atoms with E-state index in [1.54, 1.807) is 0 Å². The minimum Gasteiger partial charge on any atom is -0.452 e. The number of hydrogen-bond acceptors (Lipinski definition) is 8. The van der Waals surface area contributed by atoms with Gasteiger partial charge in [-0.15, -0.1) is 0 Å². The summed E-state index contributed by atoms with van der Waals surface area (Å²) in [6, 6.07) is 7.60. The second kappa shape index (κ2) is 9.26. The van der Waals surface area contributed by atoms with Crippen molar-refractivity contribution in [1.29, 1.82) is 0 Å². The molecule has 160 valence electrons. The van der Waals surface area contributed by atoms with Crippen LogP contribution in [-0.2, 0) is 19.4 Å². The van der Waals surface area contributed by atoms with E-state index in [0.29, 0.717) is 0 Å². The number of amides is 1. The number of nitrogens with one attached hydrogen (secondary N) is 1. The molecule has 0 radical (unpaired) electrons. The smallest absolute Gasteiger partial charge is 0.387 e. The van der Waals surface area contributed by atoms with Crippen LogP contribution in [0.4, 0.5) is 20.2 Å². The van der Waals surface area contributed by atoms with Crippen molar-refractivity contribution in [3.63, 3.8) is 0 Å². The number of sulfone groups is 1. The van der Waals surface area contributed by atoms with Crippen molar-refractivity contribution in [3.05, 3.63) is 58.1 Å². The summed E-state index contributed by atoms with van der Waals surface area (Å²) in [4.78, 5) is 33.4. The normalized spacial score (nSPS) is 11.1. The van der Waals surface area contributed by atoms with E-state index in [0.717, 1.165) is 24.5 Å². The second-order valence-corrected chi connectivity index (χ2v) is 7.72. The number of rotatable bonds is 8. The number of ether oxygens (including phenoxy) is 2. The number of alkyl halides is 2. The Labute approximate surface area is 168 Å². The Morgan fingerprint density at radius 3 is 2.33 bits per heavy atom. The summed E-state index contributed by atoms with van der Waals surface area (Å²) < 4.78 is 56.3. The molecule has 10 nitrogen and oxygen atoms in total. The van der Waals surface area contributed by atoms with E-state index in [2.05, 4.69) is 10.1 Å². The molecular weight excluding hydrogens is 430 g/mol. The molecule has 0 aliphatic carbocycles. The number of nitro groups is 1. The second-order valence-electron chi connectivity index (χ2n) is 5.74. The highest BCUT2D eigenvalue weighted by Gasteiger charge is 2.24. The number of anilines is 1. The lowest BCUT2D eigenvalue weighted by Gasteiger charge is -2.08. The minimum absolute atomic E-state index is 0.117. The topological polar surface area (TPSA) is 142 Å². The van der Waals surface area contributed by atoms with E-state index < -0.39 is 50.4 Å². The van der Waals surface area contributed by atoms with Gasteiger partial charge in [0, 0.05) is 18.0 Å². The van der Waals surface area contributed by atoms with Gasteiger partial charge >= 0.3 is 12.6 Å². The maximum absolute atomic E-state index is 12.1. The average Bonchev–Trinajstić information content (AvgIpc) is 2.66. The van der Waals surface area contributed by atoms with Gasteiger partial charge in [-0.1, -0.05) is 0 Å². The molecule has 0 spiro atoms. The van der Waals surface area contributed by atoms with Crippen LogP contribution in [0.5, 0.6) is 5.75 Å². The Bertz CT molecular complexity index is 1070. The molecule has 0 saturated heterocycles. The summed E-state index contributed by atoms with van der Waals surface area (Å²) >= 11 is 0. The Hall–Kier alpha value is -3.61. The number of nitrogens with zero attached hydrogens (tertiary/aromatic N) is 1. The van der Waals surface area contributed by atoms with Crippen molar-refractivity contribution in [2.45, 2.75) is 11.5 Å². The Morgan fingerprint density at radius 2 is 1.80 bits per heavy atom. The van der Waals surface area contributed by atoms with Crippen molar-refractivity contribution >= 4 is 33.1 Å². The van der Waals surface area contributed by atoms with Crippen LogP contribution in [0, 0.1) is 10.1 Å². The summed E-state index contributed by atoms with van der Waals surface area (Å²) in [6.45, 7) is -3.75. The maximum Gasteiger partial charge on any atom is 0.387 e. The third-order valence-corrected chi connectivity index (χ3v) is 4.63. The van der Waals surface area contributed by atoms with Gasteiger partial charge in [0.15, 0.2) is 16.4 Å². The van der Waals surface area contributed by atoms with E-state index in [-0.39, 0.29) is 17.0 Å². The molecule has 2 aromatic rings. The summed E-state index contributed by atoms with van der Waals surface area (Å²) in [5.41, 5.74) is -0.913. The van der Waals surface area contributed by atoms with Crippen LogP contribution in [0.1, 0.15) is 10.4 Å². The molecule has 1 N–H and O–H groups in total. The van der Waals surface area contributed by atoms with Crippen LogP contribution in [0.15, 0.2) is 47.4 Å². The monoisotopic (exact) mass is 444 g/mol. The van der Waals surface area contributed by atoms with Gasteiger partial charge in [-0.05, 0) is 36.4 Å². The van der Waals surface area contributed by atoms with E-state index in [4.69, 9.17) is 4.74 Å². The molecule has 0 fully saturated rings. The van der Waals surface area contributed by atoms with E-state index in [9.17, 15) is 36.9 Å². The first-order valence-electron chi connectivity index (χ1n) is 7.97. The molecule has 0 aliphatic heterocycles. The average molecular weight is 444 g/mol. The van der Waals surface area contributed by atoms with Gasteiger partial charge in [0.25, 0.3) is 11.6 Å². The molecule has 0 bridgehead atoms. The first-order chi connectivity index (χ1) is 14.0. The van der Waals surface area contributed by atoms with Crippen molar-refractivity contribution < 1.29 is 41.2 Å². The van der Waals surface area contributed by atoms with E-state index in [1.165, 1.54) is 24.3 Å². The number of halogens is 2. The highest BCUT2D eigenvalue weighted by Crippen LogP contribution is 2.25. The Balaban J connectivity index is 2.00. The van der Waals surface area contributed by atoms with Crippen LogP contribution in [0.25, 0.3) is 0 Å². The van der Waals surface area contributed by atoms with Crippen LogP contribution < -0.4 is 10.1 Å². The zero-order valence-electron chi connectivity index (χ0n) is 15.2. The fourth-order valence-corrected chi connectivity index (χ4v) is 3.06. The van der Waals surface area contributed by atoms with Gasteiger partial charge in [-0.25, -0.2) is 13.2 Å². The molecule has 13 heteroatoms. The minimum atomic E-state index is -3.90. The van der Waals surface area contributed by atoms with Crippen LogP contribution in [-0.4, -0.2) is 44.7 Å². The molecule has 0 heterocycles. The van der Waals surface area contributed by atoms with Gasteiger partial charge in [0.05, 0.1) is 10.5 Å². The lowest BCUT2D eigenvalue weighted by Crippen LogP contribution is -2.21. The SMILES string of the molecule is CS(=O)(=O)c1ccc(C(=O)OCC(=O)Nc2ccc(OC(F)F)cc2)cc1[N+](=O)[O-]. The van der Waals surface area contributed by atoms with Crippen LogP contribution in [0.3, 0.4) is 0 Å². The number of nitro benzene ring substituents is 1. The molecule has 0 aromatic heterocycles. The van der Waals surface area contributed by atoms with Crippen molar-refractivity contribution in [2.24, 2.45) is 0 Å². The van der Waals surface area contributed by atoms with Gasteiger partial charge in [-0.3, -0.25) is 14.9 Å². The molecular formula is C17H14F2N2O8S. The zero-order valence-corrected chi connectivity index (χ0v) is 16.0. The number of carbonyl (C=O) groups excluding carboxylic acids is 2. The van der Waals surface area contributed by atoms with E-state index in [1.807, 2.05) is 0 Å². The Morgan fingerprint density at radius 1 is 1.17 bits per heavy atom. The molecule has 30 heavy (non-hydrogen) atoms. The third-order valence-electron chi connectivity index (χ3n) is 3.49. The number of carbonyl (C=O) groups is 2. The highest BCUT2D eigenvalue weighted by molar-refractivity contribution is 7.90. The quantitative estimate of drug-likeness (QED) is 0.372. The summed E-state index contributed by atoms with van der Waals surface area (Å²) in [5.74, 6) is -1.98. The molecule has 2 rings (SSSR count). The molecule has 0 atom stereocenters. The molecule has 0 unspecified atom stereocenters. The highest BCUT2D eigenvalue weighted by atomic mass is 32.2. The maximum atomic E-state index is 12.1. The summed E-state index contributed by atoms with van der Waals surface area (Å²) in [7, 11) is -3.90. The number of esters is 1. The van der Waals surface area contributed by atoms with Crippen LogP contribution in [0.2, 0.25) is 0 Å². The lowest BCUT2D eigenvalue weighted by molar-refractivity contribution is -0.387. The molecule has 2 aromatic carbocycles. The molecule has 0 aliphatic rings. The van der Waals surface area contributed by atoms with Crippen molar-refractivity contribution in [2.75, 3.05) is 18.2 Å². The van der Waals surface area contributed by atoms with Crippen molar-refractivity contribution in [3.8, 4) is 5.75 Å². The van der Waals surface area contributed by atoms with Crippen LogP contribution >= 0.6 is 0 Å². The predicted octanol–water partition coefficient (Wildman–Crippen LogP) is 2.40. The van der Waals surface area contributed by atoms with Crippen molar-refractivity contribution in [1.82, 2.24) is 0 Å². The van der Waals surface area contributed by atoms with Gasteiger partial charge in [0.1, 0.15) is 10.6 Å². The first-order valence-corrected chi connectivity index (χ1v) is 9.87. The number of hydrogen-bond donors (Lipinski definition) is 1. The molecule has 0 saturated carbocycles. The summed E-state index contributed by atoms with van der Waals surface area (Å²) in [6.07, 6.45) is 0.782. The molecule has 1 amide bonds. The zero-order chi connectivity index (χ0) is 22.5.